The molecular weight excluding hydrogens is 308 g/mol. The van der Waals surface area contributed by atoms with Crippen LogP contribution < -0.4 is 9.64 Å². The summed E-state index contributed by atoms with van der Waals surface area (Å²) < 4.78 is 5.24. The van der Waals surface area contributed by atoms with Gasteiger partial charge in [0, 0.05) is 29.4 Å². The number of carbonyl (C=O) groups is 1. The maximum Gasteiger partial charge on any atom is 0.272 e. The molecule has 0 fully saturated rings. The summed E-state index contributed by atoms with van der Waals surface area (Å²) in [6.45, 7) is 2.28. The molecular formula is C18H18N2O4. The molecule has 6 heteroatoms. The maximum atomic E-state index is 12.9. The second-order valence-electron chi connectivity index (χ2n) is 5.81. The van der Waals surface area contributed by atoms with Crippen molar-refractivity contribution in [3.05, 3.63) is 63.2 Å². The van der Waals surface area contributed by atoms with Crippen LogP contribution in [0.15, 0.2) is 36.4 Å². The van der Waals surface area contributed by atoms with Crippen molar-refractivity contribution in [2.24, 2.45) is 0 Å². The number of aryl methyl sites for hydroxylation is 2. The van der Waals surface area contributed by atoms with Crippen molar-refractivity contribution in [3.63, 3.8) is 0 Å². The van der Waals surface area contributed by atoms with E-state index in [9.17, 15) is 14.9 Å². The van der Waals surface area contributed by atoms with Crippen molar-refractivity contribution in [1.82, 2.24) is 0 Å². The predicted molar refractivity (Wildman–Crippen MR) is 90.8 cm³/mol. The Labute approximate surface area is 139 Å². The molecule has 0 N–H and O–H groups in total. The topological polar surface area (TPSA) is 72.7 Å². The highest BCUT2D eigenvalue weighted by atomic mass is 16.6. The van der Waals surface area contributed by atoms with Crippen LogP contribution in [0.2, 0.25) is 0 Å². The number of nitrogens with zero attached hydrogens (tertiary/aromatic N) is 2. The quantitative estimate of drug-likeness (QED) is 0.639. The number of carbonyl (C=O) groups excluding carboxylic acids is 1. The van der Waals surface area contributed by atoms with Gasteiger partial charge < -0.3 is 9.64 Å². The average Bonchev–Trinajstić information content (AvgIpc) is 2.59. The van der Waals surface area contributed by atoms with Crippen LogP contribution in [0, 0.1) is 17.0 Å². The highest BCUT2D eigenvalue weighted by Crippen LogP contribution is 2.32. The summed E-state index contributed by atoms with van der Waals surface area (Å²) in [4.78, 5) is 25.1. The third-order valence-corrected chi connectivity index (χ3v) is 4.29. The fraction of sp³-hybridized carbons (Fsp3) is 0.278. The molecule has 0 unspecified atom stereocenters. The summed E-state index contributed by atoms with van der Waals surface area (Å²) in [5, 5.41) is 10.9. The third kappa shape index (κ3) is 2.82. The summed E-state index contributed by atoms with van der Waals surface area (Å²) in [5.74, 6) is 0.633. The van der Waals surface area contributed by atoms with Gasteiger partial charge in [-0.25, -0.2) is 0 Å². The first kappa shape index (κ1) is 16.0. The van der Waals surface area contributed by atoms with Gasteiger partial charge in [0.1, 0.15) is 5.75 Å². The fourth-order valence-corrected chi connectivity index (χ4v) is 3.06. The van der Waals surface area contributed by atoms with Crippen LogP contribution in [0.25, 0.3) is 0 Å². The Balaban J connectivity index is 1.95. The molecule has 1 heterocycles. The Morgan fingerprint density at radius 2 is 2.04 bits per heavy atom. The standard InChI is InChI=1S/C18H18N2O4/c1-12-10-14(5-7-16(12)20(22)23)18(21)19-9-3-4-13-11-15(24-2)6-8-17(13)19/h5-8,10-11H,3-4,9H2,1-2H3. The summed E-state index contributed by atoms with van der Waals surface area (Å²) in [6, 6.07) is 10.2. The molecule has 0 bridgehead atoms. The van der Waals surface area contributed by atoms with Gasteiger partial charge in [0.25, 0.3) is 11.6 Å². The van der Waals surface area contributed by atoms with E-state index in [0.29, 0.717) is 17.7 Å². The van der Waals surface area contributed by atoms with Crippen molar-refractivity contribution >= 4 is 17.3 Å². The molecule has 1 aliphatic heterocycles. The van der Waals surface area contributed by atoms with Gasteiger partial charge in [0.05, 0.1) is 12.0 Å². The number of benzene rings is 2. The number of hydrogen-bond donors (Lipinski definition) is 0. The first-order valence-corrected chi connectivity index (χ1v) is 7.75. The van der Waals surface area contributed by atoms with E-state index in [4.69, 9.17) is 4.74 Å². The van der Waals surface area contributed by atoms with E-state index in [1.807, 2.05) is 18.2 Å². The molecule has 0 aliphatic carbocycles. The van der Waals surface area contributed by atoms with Gasteiger partial charge in [0.2, 0.25) is 0 Å². The van der Waals surface area contributed by atoms with Gasteiger partial charge in [-0.2, -0.15) is 0 Å². The van der Waals surface area contributed by atoms with Crippen LogP contribution in [0.5, 0.6) is 5.75 Å². The van der Waals surface area contributed by atoms with Crippen molar-refractivity contribution < 1.29 is 14.5 Å². The van der Waals surface area contributed by atoms with Gasteiger partial charge in [-0.15, -0.1) is 0 Å². The zero-order valence-corrected chi connectivity index (χ0v) is 13.6. The molecule has 6 nitrogen and oxygen atoms in total. The van der Waals surface area contributed by atoms with Crippen LogP contribution in [-0.2, 0) is 6.42 Å². The van der Waals surface area contributed by atoms with Gasteiger partial charge in [-0.3, -0.25) is 14.9 Å². The number of nitro benzene ring substituents is 1. The van der Waals surface area contributed by atoms with Crippen LogP contribution in [0.1, 0.15) is 27.9 Å². The number of amides is 1. The Morgan fingerprint density at radius 1 is 1.25 bits per heavy atom. The van der Waals surface area contributed by atoms with E-state index in [-0.39, 0.29) is 11.6 Å². The van der Waals surface area contributed by atoms with Crippen molar-refractivity contribution in [1.29, 1.82) is 0 Å². The van der Waals surface area contributed by atoms with Gasteiger partial charge in [-0.1, -0.05) is 0 Å². The second kappa shape index (κ2) is 6.31. The van der Waals surface area contributed by atoms with E-state index in [1.54, 1.807) is 25.0 Å². The lowest BCUT2D eigenvalue weighted by molar-refractivity contribution is -0.385. The molecule has 2 aromatic carbocycles. The lowest BCUT2D eigenvalue weighted by Crippen LogP contribution is -2.35. The predicted octanol–water partition coefficient (Wildman–Crippen LogP) is 3.50. The van der Waals surface area contributed by atoms with E-state index >= 15 is 0 Å². The zero-order chi connectivity index (χ0) is 17.3. The van der Waals surface area contributed by atoms with E-state index in [2.05, 4.69) is 0 Å². The first-order valence-electron chi connectivity index (χ1n) is 7.75. The van der Waals surface area contributed by atoms with Gasteiger partial charge in [-0.05, 0) is 55.7 Å². The maximum absolute atomic E-state index is 12.9. The number of fused-ring (bicyclic) bond motifs is 1. The Hall–Kier alpha value is -2.89. The van der Waals surface area contributed by atoms with Gasteiger partial charge in [0.15, 0.2) is 0 Å². The number of anilines is 1. The highest BCUT2D eigenvalue weighted by Gasteiger charge is 2.25. The van der Waals surface area contributed by atoms with Crippen molar-refractivity contribution in [2.45, 2.75) is 19.8 Å². The van der Waals surface area contributed by atoms with E-state index in [0.717, 1.165) is 29.8 Å². The Bertz CT molecular complexity index is 817. The third-order valence-electron chi connectivity index (χ3n) is 4.29. The Kier molecular flexibility index (Phi) is 4.20. The largest absolute Gasteiger partial charge is 0.497 e. The SMILES string of the molecule is COc1ccc2c(c1)CCCN2C(=O)c1ccc([N+](=O)[O-])c(C)c1. The molecule has 24 heavy (non-hydrogen) atoms. The molecule has 124 valence electrons. The van der Waals surface area contributed by atoms with E-state index < -0.39 is 4.92 Å². The lowest BCUT2D eigenvalue weighted by Gasteiger charge is -2.30. The van der Waals surface area contributed by atoms with Crippen LogP contribution in [-0.4, -0.2) is 24.5 Å². The minimum atomic E-state index is -0.438. The molecule has 1 amide bonds. The van der Waals surface area contributed by atoms with E-state index in [1.165, 1.54) is 12.1 Å². The summed E-state index contributed by atoms with van der Waals surface area (Å²) in [6.07, 6.45) is 1.77. The Morgan fingerprint density at radius 3 is 2.71 bits per heavy atom. The zero-order valence-electron chi connectivity index (χ0n) is 13.6. The number of hydrogen-bond acceptors (Lipinski definition) is 4. The lowest BCUT2D eigenvalue weighted by atomic mass is 10.00. The number of rotatable bonds is 3. The summed E-state index contributed by atoms with van der Waals surface area (Å²) in [7, 11) is 1.62. The molecule has 2 aromatic rings. The molecule has 0 aromatic heterocycles. The minimum Gasteiger partial charge on any atom is -0.497 e. The highest BCUT2D eigenvalue weighted by molar-refractivity contribution is 6.07. The first-order chi connectivity index (χ1) is 11.5. The fourth-order valence-electron chi connectivity index (χ4n) is 3.06. The normalized spacial score (nSPS) is 13.3. The summed E-state index contributed by atoms with van der Waals surface area (Å²) in [5.41, 5.74) is 2.92. The molecule has 0 saturated heterocycles. The average molecular weight is 326 g/mol. The van der Waals surface area contributed by atoms with Gasteiger partial charge >= 0.3 is 0 Å². The molecule has 0 atom stereocenters. The smallest absolute Gasteiger partial charge is 0.272 e. The molecule has 3 rings (SSSR count). The van der Waals surface area contributed by atoms with Crippen molar-refractivity contribution in [2.75, 3.05) is 18.6 Å². The number of nitro groups is 1. The number of ether oxygens (including phenoxy) is 1. The summed E-state index contributed by atoms with van der Waals surface area (Å²) >= 11 is 0. The monoisotopic (exact) mass is 326 g/mol. The minimum absolute atomic E-state index is 0.0235. The van der Waals surface area contributed by atoms with Crippen LogP contribution >= 0.6 is 0 Å². The van der Waals surface area contributed by atoms with Crippen molar-refractivity contribution in [3.8, 4) is 5.75 Å². The molecule has 0 saturated carbocycles. The number of methoxy groups -OCH3 is 1. The van der Waals surface area contributed by atoms with Crippen LogP contribution in [0.3, 0.4) is 0 Å². The molecule has 0 radical (unpaired) electrons. The molecule has 0 spiro atoms. The second-order valence-corrected chi connectivity index (χ2v) is 5.81. The van der Waals surface area contributed by atoms with Crippen LogP contribution in [0.4, 0.5) is 11.4 Å². The molecule has 1 aliphatic rings.